The van der Waals surface area contributed by atoms with E-state index in [1.54, 1.807) is 26.8 Å². The van der Waals surface area contributed by atoms with E-state index in [9.17, 15) is 29.4 Å². The zero-order valence-electron chi connectivity index (χ0n) is 31.7. The van der Waals surface area contributed by atoms with Crippen LogP contribution in [-0.4, -0.2) is 62.3 Å². The average molecular weight is 717 g/mol. The normalized spacial score (nSPS) is 34.6. The number of aliphatic hydroxyl groups is 2. The Kier molecular flexibility index (Phi) is 14.3. The molecule has 0 aliphatic heterocycles. The van der Waals surface area contributed by atoms with Crippen molar-refractivity contribution < 1.29 is 43.6 Å². The molecule has 0 saturated heterocycles. The molecule has 9 atom stereocenters. The Morgan fingerprint density at radius 2 is 1.49 bits per heavy atom. The standard InChI is InChI=1S/C42H65FO8/c1-5-6-7-8-9-10-11-12-13-14-15-16-17-18-19-34(51-37(48)23-22-36(46)47)38(49)42(50)29(2)26-33-32-21-20-30-27-31(44)24-25-39(30,3)41(32,43)35(45)28-40(33,42)4/h24-25,27,29,32-35,45,50H,5-23,26,28H2,1-4H3,(H,46,47)/t29-,32+,33+,34?,35+,39+,40+,41+,42+/m1/s1. The summed E-state index contributed by atoms with van der Waals surface area (Å²) in [5.74, 6) is -4.50. The second-order valence-electron chi connectivity index (χ2n) is 16.8. The van der Waals surface area contributed by atoms with Gasteiger partial charge in [0.05, 0.1) is 18.9 Å². The van der Waals surface area contributed by atoms with Gasteiger partial charge in [-0.2, -0.15) is 0 Å². The van der Waals surface area contributed by atoms with E-state index in [2.05, 4.69) is 6.92 Å². The summed E-state index contributed by atoms with van der Waals surface area (Å²) in [7, 11) is 0. The van der Waals surface area contributed by atoms with Gasteiger partial charge in [0.25, 0.3) is 0 Å². The molecule has 4 aliphatic carbocycles. The maximum Gasteiger partial charge on any atom is 0.307 e. The number of aliphatic hydroxyl groups excluding tert-OH is 1. The van der Waals surface area contributed by atoms with E-state index >= 15 is 4.39 Å². The number of rotatable bonds is 21. The Balaban J connectivity index is 1.41. The molecule has 3 fully saturated rings. The second-order valence-corrected chi connectivity index (χ2v) is 16.8. The molecule has 3 N–H and O–H groups in total. The van der Waals surface area contributed by atoms with Gasteiger partial charge in [-0.05, 0) is 69.4 Å². The van der Waals surface area contributed by atoms with E-state index in [0.29, 0.717) is 31.3 Å². The molecule has 0 radical (unpaired) electrons. The van der Waals surface area contributed by atoms with Crippen molar-refractivity contribution in [2.75, 3.05) is 0 Å². The predicted octanol–water partition coefficient (Wildman–Crippen LogP) is 8.55. The van der Waals surface area contributed by atoms with Gasteiger partial charge in [-0.1, -0.05) is 116 Å². The monoisotopic (exact) mass is 716 g/mol. The number of unbranched alkanes of at least 4 members (excludes halogenated alkanes) is 13. The van der Waals surface area contributed by atoms with Crippen molar-refractivity contribution in [2.45, 2.75) is 186 Å². The number of Topliss-reactive ketones (excluding diaryl/α,β-unsaturated/α-hetero) is 1. The van der Waals surface area contributed by atoms with Gasteiger partial charge in [-0.15, -0.1) is 0 Å². The fraction of sp³-hybridized carbons (Fsp3) is 0.810. The van der Waals surface area contributed by atoms with E-state index in [0.717, 1.165) is 25.7 Å². The number of fused-ring (bicyclic) bond motifs is 5. The van der Waals surface area contributed by atoms with Crippen LogP contribution in [0.1, 0.15) is 163 Å². The van der Waals surface area contributed by atoms with Gasteiger partial charge in [0, 0.05) is 16.7 Å². The Morgan fingerprint density at radius 1 is 0.922 bits per heavy atom. The predicted molar refractivity (Wildman–Crippen MR) is 195 cm³/mol. The summed E-state index contributed by atoms with van der Waals surface area (Å²) < 4.78 is 23.3. The summed E-state index contributed by atoms with van der Waals surface area (Å²) in [4.78, 5) is 50.7. The smallest absolute Gasteiger partial charge is 0.307 e. The number of aliphatic carboxylic acids is 1. The molecule has 0 heterocycles. The molecular weight excluding hydrogens is 651 g/mol. The Labute approximate surface area is 305 Å². The lowest BCUT2D eigenvalue weighted by molar-refractivity contribution is -0.222. The number of hydrogen-bond donors (Lipinski definition) is 3. The molecule has 51 heavy (non-hydrogen) atoms. The number of carboxylic acids is 1. The molecule has 0 spiro atoms. The van der Waals surface area contributed by atoms with Gasteiger partial charge in [0.1, 0.15) is 5.60 Å². The highest BCUT2D eigenvalue weighted by Gasteiger charge is 2.76. The molecule has 0 aromatic rings. The summed E-state index contributed by atoms with van der Waals surface area (Å²) in [6.45, 7) is 7.52. The third kappa shape index (κ3) is 8.40. The number of carboxylic acid groups (broad SMARTS) is 1. The lowest BCUT2D eigenvalue weighted by Crippen LogP contribution is -2.70. The number of hydrogen-bond acceptors (Lipinski definition) is 7. The largest absolute Gasteiger partial charge is 0.481 e. The molecule has 8 nitrogen and oxygen atoms in total. The van der Waals surface area contributed by atoms with E-state index in [1.807, 2.05) is 0 Å². The maximum absolute atomic E-state index is 17.6. The van der Waals surface area contributed by atoms with Gasteiger partial charge in [-0.25, -0.2) is 4.39 Å². The highest BCUT2D eigenvalue weighted by atomic mass is 19.1. The van der Waals surface area contributed by atoms with Crippen LogP contribution < -0.4 is 0 Å². The molecule has 4 aliphatic rings. The first-order chi connectivity index (χ1) is 24.2. The fourth-order valence-corrected chi connectivity index (χ4v) is 10.5. The zero-order valence-corrected chi connectivity index (χ0v) is 31.7. The molecule has 9 heteroatoms. The van der Waals surface area contributed by atoms with Crippen LogP contribution in [0.25, 0.3) is 0 Å². The molecule has 4 rings (SSSR count). The van der Waals surface area contributed by atoms with Gasteiger partial charge < -0.3 is 20.1 Å². The lowest BCUT2D eigenvalue weighted by atomic mass is 9.44. The molecule has 0 bridgehead atoms. The minimum Gasteiger partial charge on any atom is -0.481 e. The van der Waals surface area contributed by atoms with E-state index in [1.165, 1.54) is 69.9 Å². The van der Waals surface area contributed by atoms with E-state index < -0.39 is 76.2 Å². The quantitative estimate of drug-likeness (QED) is 0.0794. The summed E-state index contributed by atoms with van der Waals surface area (Å²) in [6.07, 6.45) is 18.4. The summed E-state index contributed by atoms with van der Waals surface area (Å²) in [5, 5.41) is 33.4. The van der Waals surface area contributed by atoms with Crippen molar-refractivity contribution in [3.63, 3.8) is 0 Å². The van der Waals surface area contributed by atoms with Crippen molar-refractivity contribution in [2.24, 2.45) is 28.6 Å². The Hall–Kier alpha value is -2.39. The van der Waals surface area contributed by atoms with Crippen molar-refractivity contribution in [3.8, 4) is 0 Å². The number of ether oxygens (including phenoxy) is 1. The second kappa shape index (κ2) is 17.6. The molecule has 288 valence electrons. The number of alkyl halides is 1. The number of esters is 1. The SMILES string of the molecule is CCCCCCCCCCCCCCCCC(OC(=O)CCC(=O)O)C(=O)[C@@]1(O)[C@H](C)C[C@H]2[C@@H]3CCC4=CC(=O)C=C[C@]4(C)[C@@]3(F)[C@@H](O)C[C@@]21C. The highest BCUT2D eigenvalue weighted by molar-refractivity contribution is 6.01. The Bertz CT molecular complexity index is 1310. The van der Waals surface area contributed by atoms with Gasteiger partial charge in [0.15, 0.2) is 17.6 Å². The van der Waals surface area contributed by atoms with Gasteiger partial charge >= 0.3 is 11.9 Å². The van der Waals surface area contributed by atoms with Crippen molar-refractivity contribution in [1.29, 1.82) is 0 Å². The van der Waals surface area contributed by atoms with E-state index in [-0.39, 0.29) is 25.0 Å². The number of ketones is 2. The van der Waals surface area contributed by atoms with Crippen LogP contribution in [0.15, 0.2) is 23.8 Å². The zero-order chi connectivity index (χ0) is 37.5. The minimum absolute atomic E-state index is 0.166. The van der Waals surface area contributed by atoms with Crippen molar-refractivity contribution in [1.82, 2.24) is 0 Å². The van der Waals surface area contributed by atoms with Crippen molar-refractivity contribution in [3.05, 3.63) is 23.8 Å². The molecule has 1 unspecified atom stereocenters. The van der Waals surface area contributed by atoms with Crippen LogP contribution in [0.4, 0.5) is 4.39 Å². The molecule has 3 saturated carbocycles. The number of carbonyl (C=O) groups is 4. The molecule has 0 amide bonds. The average Bonchev–Trinajstić information content (AvgIpc) is 3.28. The van der Waals surface area contributed by atoms with Crippen LogP contribution >= 0.6 is 0 Å². The highest BCUT2D eigenvalue weighted by Crippen LogP contribution is 2.70. The Morgan fingerprint density at radius 3 is 2.06 bits per heavy atom. The van der Waals surface area contributed by atoms with Gasteiger partial charge in [-0.3, -0.25) is 19.2 Å². The first-order valence-electron chi connectivity index (χ1n) is 20.2. The molecule has 0 aromatic carbocycles. The topological polar surface area (TPSA) is 138 Å². The summed E-state index contributed by atoms with van der Waals surface area (Å²) in [6, 6.07) is 0. The summed E-state index contributed by atoms with van der Waals surface area (Å²) in [5.41, 5.74) is -5.81. The van der Waals surface area contributed by atoms with Crippen LogP contribution in [0.3, 0.4) is 0 Å². The van der Waals surface area contributed by atoms with Crippen LogP contribution in [0.2, 0.25) is 0 Å². The van der Waals surface area contributed by atoms with Crippen molar-refractivity contribution >= 4 is 23.5 Å². The lowest BCUT2D eigenvalue weighted by Gasteiger charge is -2.62. The fourth-order valence-electron chi connectivity index (χ4n) is 10.5. The number of carbonyl (C=O) groups excluding carboxylic acids is 3. The third-order valence-corrected chi connectivity index (χ3v) is 13.5. The number of halogens is 1. The molecule has 0 aromatic heterocycles. The molecular formula is C42H65FO8. The van der Waals surface area contributed by atoms with Crippen LogP contribution in [-0.2, 0) is 23.9 Å². The number of allylic oxidation sites excluding steroid dienone is 4. The minimum atomic E-state index is -2.09. The van der Waals surface area contributed by atoms with Gasteiger partial charge in [0.2, 0.25) is 5.78 Å². The van der Waals surface area contributed by atoms with Crippen LogP contribution in [0.5, 0.6) is 0 Å². The maximum atomic E-state index is 17.6. The first-order valence-corrected chi connectivity index (χ1v) is 20.2. The first kappa shape index (κ1) is 41.4. The van der Waals surface area contributed by atoms with Crippen LogP contribution in [0, 0.1) is 28.6 Å². The van der Waals surface area contributed by atoms with E-state index in [4.69, 9.17) is 9.84 Å². The third-order valence-electron chi connectivity index (χ3n) is 13.5. The summed E-state index contributed by atoms with van der Waals surface area (Å²) >= 11 is 0.